The first-order chi connectivity index (χ1) is 13.7. The third-order valence-electron chi connectivity index (χ3n) is 3.68. The van der Waals surface area contributed by atoms with Gasteiger partial charge in [-0.1, -0.05) is 31.2 Å². The van der Waals surface area contributed by atoms with Gasteiger partial charge in [0.1, 0.15) is 16.3 Å². The second-order valence-corrected chi connectivity index (χ2v) is 8.13. The normalized spacial score (nSPS) is 10.9. The maximum Gasteiger partial charge on any atom is 0.407 e. The van der Waals surface area contributed by atoms with Crippen LogP contribution in [0.1, 0.15) is 50.2 Å². The Morgan fingerprint density at radius 1 is 1.10 bits per heavy atom. The number of amides is 3. The molecule has 0 aliphatic carbocycles. The number of nitrogens with zero attached hydrogens (tertiary/aromatic N) is 1. The van der Waals surface area contributed by atoms with Crippen molar-refractivity contribution in [3.8, 4) is 10.6 Å². The van der Waals surface area contributed by atoms with E-state index in [1.54, 1.807) is 26.2 Å². The van der Waals surface area contributed by atoms with Gasteiger partial charge >= 0.3 is 6.09 Å². The lowest BCUT2D eigenvalue weighted by Crippen LogP contribution is -2.43. The summed E-state index contributed by atoms with van der Waals surface area (Å²) in [5.41, 5.74) is 6.40. The molecule has 0 saturated heterocycles. The molecule has 1 heterocycles. The van der Waals surface area contributed by atoms with E-state index < -0.39 is 23.5 Å². The van der Waals surface area contributed by atoms with Crippen LogP contribution in [0.15, 0.2) is 29.6 Å². The maximum atomic E-state index is 12.2. The standard InChI is InChI=1S/C20H26N4O4S/c1-5-13-6-8-14(9-7-13)18-22-15(12-29-18)17(26)24-23-16(25)10-11-21-19(27)28-20(2,3)4/h6-9,12H,5,10-11H2,1-4H3,(H,21,27)(H,23,25)(H,24,26). The van der Waals surface area contributed by atoms with Gasteiger partial charge in [-0.2, -0.15) is 0 Å². The number of ether oxygens (including phenoxy) is 1. The highest BCUT2D eigenvalue weighted by Crippen LogP contribution is 2.24. The number of hydrogen-bond acceptors (Lipinski definition) is 6. The zero-order valence-electron chi connectivity index (χ0n) is 17.0. The van der Waals surface area contributed by atoms with E-state index >= 15 is 0 Å². The van der Waals surface area contributed by atoms with Gasteiger partial charge in [-0.25, -0.2) is 9.78 Å². The fraction of sp³-hybridized carbons (Fsp3) is 0.400. The van der Waals surface area contributed by atoms with Gasteiger partial charge in [-0.05, 0) is 32.8 Å². The molecule has 9 heteroatoms. The van der Waals surface area contributed by atoms with E-state index in [-0.39, 0.29) is 18.7 Å². The SMILES string of the molecule is CCc1ccc(-c2nc(C(=O)NNC(=O)CCNC(=O)OC(C)(C)C)cs2)cc1. The summed E-state index contributed by atoms with van der Waals surface area (Å²) in [7, 11) is 0. The molecule has 0 unspecified atom stereocenters. The van der Waals surface area contributed by atoms with E-state index in [0.717, 1.165) is 17.0 Å². The summed E-state index contributed by atoms with van der Waals surface area (Å²) in [6.45, 7) is 7.42. The molecule has 0 aliphatic heterocycles. The summed E-state index contributed by atoms with van der Waals surface area (Å²) >= 11 is 1.35. The Morgan fingerprint density at radius 2 is 1.79 bits per heavy atom. The number of aryl methyl sites for hydroxylation is 1. The van der Waals surface area contributed by atoms with E-state index in [1.807, 2.05) is 24.3 Å². The first kappa shape index (κ1) is 22.4. The number of alkyl carbamates (subject to hydrolysis) is 1. The maximum absolute atomic E-state index is 12.2. The third kappa shape index (κ3) is 7.53. The van der Waals surface area contributed by atoms with Gasteiger partial charge in [0.2, 0.25) is 5.91 Å². The average Bonchev–Trinajstić information content (AvgIpc) is 3.15. The van der Waals surface area contributed by atoms with Crippen molar-refractivity contribution < 1.29 is 19.1 Å². The van der Waals surface area contributed by atoms with Crippen molar-refractivity contribution in [2.24, 2.45) is 0 Å². The van der Waals surface area contributed by atoms with Crippen LogP contribution in [0.25, 0.3) is 10.6 Å². The van der Waals surface area contributed by atoms with E-state index in [0.29, 0.717) is 0 Å². The van der Waals surface area contributed by atoms with Crippen LogP contribution >= 0.6 is 11.3 Å². The zero-order chi connectivity index (χ0) is 21.4. The molecule has 3 amide bonds. The fourth-order valence-corrected chi connectivity index (χ4v) is 3.05. The number of benzene rings is 1. The van der Waals surface area contributed by atoms with Crippen LogP contribution < -0.4 is 16.2 Å². The van der Waals surface area contributed by atoms with E-state index in [4.69, 9.17) is 4.74 Å². The molecule has 156 valence electrons. The summed E-state index contributed by atoms with van der Waals surface area (Å²) in [5.74, 6) is -0.953. The summed E-state index contributed by atoms with van der Waals surface area (Å²) in [5, 5.41) is 4.83. The van der Waals surface area contributed by atoms with Crippen molar-refractivity contribution in [2.45, 2.75) is 46.1 Å². The number of hydrogen-bond donors (Lipinski definition) is 3. The van der Waals surface area contributed by atoms with Crippen LogP contribution in [0.5, 0.6) is 0 Å². The van der Waals surface area contributed by atoms with Gasteiger partial charge in [0.25, 0.3) is 5.91 Å². The van der Waals surface area contributed by atoms with Crippen LogP contribution in [-0.4, -0.2) is 35.0 Å². The van der Waals surface area contributed by atoms with Crippen LogP contribution in [0, 0.1) is 0 Å². The molecule has 2 rings (SSSR count). The topological polar surface area (TPSA) is 109 Å². The molecule has 1 aromatic heterocycles. The molecule has 3 N–H and O–H groups in total. The van der Waals surface area contributed by atoms with Crippen molar-refractivity contribution in [2.75, 3.05) is 6.54 Å². The van der Waals surface area contributed by atoms with Gasteiger partial charge in [0.05, 0.1) is 0 Å². The molecule has 0 bridgehead atoms. The molecule has 0 radical (unpaired) electrons. The van der Waals surface area contributed by atoms with Gasteiger partial charge < -0.3 is 10.1 Å². The van der Waals surface area contributed by atoms with Gasteiger partial charge in [-0.15, -0.1) is 11.3 Å². The Labute approximate surface area is 174 Å². The monoisotopic (exact) mass is 418 g/mol. The fourth-order valence-electron chi connectivity index (χ4n) is 2.24. The number of hydrazine groups is 1. The van der Waals surface area contributed by atoms with Crippen LogP contribution in [0.2, 0.25) is 0 Å². The van der Waals surface area contributed by atoms with Gasteiger partial charge in [0.15, 0.2) is 0 Å². The molecule has 0 saturated carbocycles. The van der Waals surface area contributed by atoms with Crippen molar-refractivity contribution >= 4 is 29.2 Å². The van der Waals surface area contributed by atoms with Gasteiger partial charge in [0, 0.05) is 23.9 Å². The molecule has 0 atom stereocenters. The number of nitrogens with one attached hydrogen (secondary N) is 3. The molecular formula is C20H26N4O4S. The minimum absolute atomic E-state index is 0.00832. The molecule has 0 spiro atoms. The van der Waals surface area contributed by atoms with E-state index in [2.05, 4.69) is 28.1 Å². The van der Waals surface area contributed by atoms with E-state index in [1.165, 1.54) is 16.9 Å². The summed E-state index contributed by atoms with van der Waals surface area (Å²) in [6, 6.07) is 8.00. The molecule has 2 aromatic rings. The zero-order valence-corrected chi connectivity index (χ0v) is 17.8. The first-order valence-electron chi connectivity index (χ1n) is 9.29. The predicted molar refractivity (Wildman–Crippen MR) is 111 cm³/mol. The van der Waals surface area contributed by atoms with Crippen molar-refractivity contribution in [3.05, 3.63) is 40.9 Å². The van der Waals surface area contributed by atoms with Gasteiger partial charge in [-0.3, -0.25) is 20.4 Å². The quantitative estimate of drug-likeness (QED) is 0.625. The molecule has 0 fully saturated rings. The Morgan fingerprint density at radius 3 is 2.41 bits per heavy atom. The Bertz CT molecular complexity index is 856. The highest BCUT2D eigenvalue weighted by molar-refractivity contribution is 7.13. The molecule has 1 aromatic carbocycles. The predicted octanol–water partition coefficient (Wildman–Crippen LogP) is 3.05. The average molecular weight is 419 g/mol. The van der Waals surface area contributed by atoms with Crippen molar-refractivity contribution in [1.82, 2.24) is 21.2 Å². The summed E-state index contributed by atoms with van der Waals surface area (Å²) < 4.78 is 5.07. The van der Waals surface area contributed by atoms with Crippen LogP contribution in [0.4, 0.5) is 4.79 Å². The lowest BCUT2D eigenvalue weighted by atomic mass is 10.1. The third-order valence-corrected chi connectivity index (χ3v) is 4.57. The highest BCUT2D eigenvalue weighted by atomic mass is 32.1. The largest absolute Gasteiger partial charge is 0.444 e. The lowest BCUT2D eigenvalue weighted by molar-refractivity contribution is -0.121. The first-order valence-corrected chi connectivity index (χ1v) is 10.2. The molecule has 0 aliphatic rings. The van der Waals surface area contributed by atoms with Crippen LogP contribution in [0.3, 0.4) is 0 Å². The van der Waals surface area contributed by atoms with Crippen LogP contribution in [-0.2, 0) is 16.0 Å². The number of carbonyl (C=O) groups excluding carboxylic acids is 3. The number of aromatic nitrogens is 1. The Balaban J connectivity index is 1.77. The lowest BCUT2D eigenvalue weighted by Gasteiger charge is -2.19. The minimum atomic E-state index is -0.606. The van der Waals surface area contributed by atoms with Crippen molar-refractivity contribution in [1.29, 1.82) is 0 Å². The number of thiazole rings is 1. The van der Waals surface area contributed by atoms with Crippen molar-refractivity contribution in [3.63, 3.8) is 0 Å². The smallest absolute Gasteiger partial charge is 0.407 e. The number of carbonyl (C=O) groups is 3. The Kier molecular flexibility index (Phi) is 7.72. The highest BCUT2D eigenvalue weighted by Gasteiger charge is 2.16. The Hall–Kier alpha value is -2.94. The second-order valence-electron chi connectivity index (χ2n) is 7.27. The molecular weight excluding hydrogens is 392 g/mol. The molecule has 29 heavy (non-hydrogen) atoms. The molecule has 8 nitrogen and oxygen atoms in total. The minimum Gasteiger partial charge on any atom is -0.444 e. The summed E-state index contributed by atoms with van der Waals surface area (Å²) in [4.78, 5) is 39.8. The summed E-state index contributed by atoms with van der Waals surface area (Å²) in [6.07, 6.45) is 0.348. The second kappa shape index (κ2) is 10.0. The number of rotatable bonds is 6. The van der Waals surface area contributed by atoms with E-state index in [9.17, 15) is 14.4 Å².